The molecule has 0 bridgehead atoms. The maximum Gasteiger partial charge on any atom is 0.125 e. The Balaban J connectivity index is 0.000000173. The van der Waals surface area contributed by atoms with Crippen LogP contribution >= 0.6 is 11.3 Å². The molecule has 2 aromatic heterocycles. The van der Waals surface area contributed by atoms with Crippen LogP contribution in [0.4, 0.5) is 0 Å². The molecule has 2 heterocycles. The van der Waals surface area contributed by atoms with Crippen molar-refractivity contribution in [2.24, 2.45) is 0 Å². The molecule has 7 rings (SSSR count). The van der Waals surface area contributed by atoms with Crippen LogP contribution in [0.3, 0.4) is 0 Å². The van der Waals surface area contributed by atoms with E-state index in [1.54, 1.807) is 11.3 Å². The summed E-state index contributed by atoms with van der Waals surface area (Å²) in [6.45, 7) is 0. The molecular formula is C30H20N2S. The number of aromatic nitrogens is 2. The lowest BCUT2D eigenvalue weighted by Crippen LogP contribution is -1.82. The van der Waals surface area contributed by atoms with E-state index in [-0.39, 0.29) is 0 Å². The third kappa shape index (κ3) is 3.73. The summed E-state index contributed by atoms with van der Waals surface area (Å²) in [5.41, 5.74) is 3.35. The van der Waals surface area contributed by atoms with Gasteiger partial charge in [-0.2, -0.15) is 0 Å². The Kier molecular flexibility index (Phi) is 5.02. The molecule has 0 atom stereocenters. The molecule has 0 saturated carbocycles. The van der Waals surface area contributed by atoms with Crippen LogP contribution in [0.2, 0.25) is 0 Å². The van der Waals surface area contributed by atoms with E-state index in [9.17, 15) is 0 Å². The first-order valence-electron chi connectivity index (χ1n) is 10.9. The normalized spacial score (nSPS) is 11.0. The highest BCUT2D eigenvalue weighted by molar-refractivity contribution is 7.21. The van der Waals surface area contributed by atoms with Gasteiger partial charge in [0.25, 0.3) is 0 Å². The third-order valence-corrected chi connectivity index (χ3v) is 6.89. The van der Waals surface area contributed by atoms with E-state index in [0.717, 1.165) is 16.0 Å². The Labute approximate surface area is 195 Å². The Morgan fingerprint density at radius 3 is 2.09 bits per heavy atom. The summed E-state index contributed by atoms with van der Waals surface area (Å²) in [4.78, 5) is 9.01. The molecule has 7 aromatic rings. The van der Waals surface area contributed by atoms with Crippen molar-refractivity contribution in [2.45, 2.75) is 0 Å². The molecule has 0 unspecified atom stereocenters. The molecule has 0 fully saturated rings. The van der Waals surface area contributed by atoms with Crippen molar-refractivity contribution in [3.05, 3.63) is 121 Å². The van der Waals surface area contributed by atoms with Crippen LogP contribution < -0.4 is 0 Å². The zero-order chi connectivity index (χ0) is 22.0. The first-order valence-corrected chi connectivity index (χ1v) is 11.7. The molecule has 33 heavy (non-hydrogen) atoms. The van der Waals surface area contributed by atoms with Crippen LogP contribution in [0.15, 0.2) is 121 Å². The standard InChI is InChI=1S/C21H13NS.C9H7N/c1-2-7-15-14(6-1)12-13-17-16(15)8-5-9-18(17)21-22-19-10-3-4-11-20(19)23-21;1-2-6-9-8(4-1)5-3-7-10-9/h1-13H;1-7H. The number of hydrogen-bond acceptors (Lipinski definition) is 3. The second-order valence-electron chi connectivity index (χ2n) is 7.87. The number of hydrogen-bond donors (Lipinski definition) is 0. The van der Waals surface area contributed by atoms with E-state index in [0.29, 0.717) is 0 Å². The summed E-state index contributed by atoms with van der Waals surface area (Å²) >= 11 is 1.76. The van der Waals surface area contributed by atoms with E-state index in [1.165, 1.54) is 37.2 Å². The lowest BCUT2D eigenvalue weighted by atomic mass is 9.99. The van der Waals surface area contributed by atoms with Crippen LogP contribution in [0.1, 0.15) is 0 Å². The van der Waals surface area contributed by atoms with Crippen molar-refractivity contribution < 1.29 is 0 Å². The Bertz CT molecular complexity index is 1630. The monoisotopic (exact) mass is 440 g/mol. The number of fused-ring (bicyclic) bond motifs is 5. The molecule has 156 valence electrons. The van der Waals surface area contributed by atoms with Gasteiger partial charge < -0.3 is 0 Å². The van der Waals surface area contributed by atoms with Gasteiger partial charge in [-0.05, 0) is 45.8 Å². The topological polar surface area (TPSA) is 25.8 Å². The van der Waals surface area contributed by atoms with Crippen molar-refractivity contribution in [2.75, 3.05) is 0 Å². The lowest BCUT2D eigenvalue weighted by Gasteiger charge is -2.07. The third-order valence-electron chi connectivity index (χ3n) is 5.82. The van der Waals surface area contributed by atoms with Gasteiger partial charge in [-0.3, -0.25) is 4.98 Å². The van der Waals surface area contributed by atoms with Crippen LogP contribution in [-0.2, 0) is 0 Å². The Hall–Kier alpha value is -4.08. The van der Waals surface area contributed by atoms with Crippen LogP contribution in [0, 0.1) is 0 Å². The molecule has 0 amide bonds. The molecule has 0 aliphatic rings. The smallest absolute Gasteiger partial charge is 0.125 e. The maximum absolute atomic E-state index is 4.83. The first-order chi connectivity index (χ1) is 16.4. The average molecular weight is 441 g/mol. The molecule has 0 saturated heterocycles. The maximum atomic E-state index is 4.83. The number of thiazole rings is 1. The fourth-order valence-corrected chi connectivity index (χ4v) is 5.24. The summed E-state index contributed by atoms with van der Waals surface area (Å²) in [5.74, 6) is 0. The summed E-state index contributed by atoms with van der Waals surface area (Å²) in [6, 6.07) is 39.9. The Morgan fingerprint density at radius 1 is 0.485 bits per heavy atom. The highest BCUT2D eigenvalue weighted by atomic mass is 32.1. The van der Waals surface area contributed by atoms with E-state index in [4.69, 9.17) is 4.98 Å². The fraction of sp³-hybridized carbons (Fsp3) is 0. The van der Waals surface area contributed by atoms with E-state index < -0.39 is 0 Å². The molecule has 0 N–H and O–H groups in total. The molecule has 5 aromatic carbocycles. The molecular weight excluding hydrogens is 420 g/mol. The largest absolute Gasteiger partial charge is 0.256 e. The van der Waals surface area contributed by atoms with Gasteiger partial charge in [0.1, 0.15) is 5.01 Å². The molecule has 0 aliphatic heterocycles. The highest BCUT2D eigenvalue weighted by Crippen LogP contribution is 2.36. The van der Waals surface area contributed by atoms with Crippen LogP contribution in [0.25, 0.3) is 53.2 Å². The number of rotatable bonds is 1. The fourth-order valence-electron chi connectivity index (χ4n) is 4.23. The summed E-state index contributed by atoms with van der Waals surface area (Å²) in [6.07, 6.45) is 1.81. The van der Waals surface area contributed by atoms with Gasteiger partial charge in [0.05, 0.1) is 15.7 Å². The van der Waals surface area contributed by atoms with E-state index in [2.05, 4.69) is 89.9 Å². The van der Waals surface area contributed by atoms with Gasteiger partial charge in [0, 0.05) is 17.1 Å². The van der Waals surface area contributed by atoms with Crippen molar-refractivity contribution in [3.63, 3.8) is 0 Å². The number of para-hydroxylation sites is 2. The van der Waals surface area contributed by atoms with Crippen molar-refractivity contribution in [3.8, 4) is 10.6 Å². The predicted octanol–water partition coefficient (Wildman–Crippen LogP) is 8.50. The number of nitrogens with zero attached hydrogens (tertiary/aromatic N) is 2. The molecule has 0 radical (unpaired) electrons. The SMILES string of the molecule is c1ccc2c(c1)ccc1c(-c3nc4ccccc4s3)cccc12.c1ccc2ncccc2c1. The zero-order valence-electron chi connectivity index (χ0n) is 17.8. The van der Waals surface area contributed by atoms with Gasteiger partial charge in [-0.25, -0.2) is 4.98 Å². The second kappa shape index (κ2) is 8.45. The van der Waals surface area contributed by atoms with Crippen LogP contribution in [0.5, 0.6) is 0 Å². The molecule has 2 nitrogen and oxygen atoms in total. The summed E-state index contributed by atoms with van der Waals surface area (Å²) < 4.78 is 1.24. The molecule has 3 heteroatoms. The minimum absolute atomic E-state index is 1.06. The van der Waals surface area contributed by atoms with E-state index in [1.807, 2.05) is 36.5 Å². The van der Waals surface area contributed by atoms with Gasteiger partial charge in [0.2, 0.25) is 0 Å². The quantitative estimate of drug-likeness (QED) is 0.239. The molecule has 0 aliphatic carbocycles. The van der Waals surface area contributed by atoms with Gasteiger partial charge >= 0.3 is 0 Å². The number of benzene rings is 5. The summed E-state index contributed by atoms with van der Waals surface area (Å²) in [7, 11) is 0. The number of pyridine rings is 1. The van der Waals surface area contributed by atoms with Gasteiger partial charge in [0.15, 0.2) is 0 Å². The minimum Gasteiger partial charge on any atom is -0.256 e. The van der Waals surface area contributed by atoms with Crippen molar-refractivity contribution in [1.82, 2.24) is 9.97 Å². The highest BCUT2D eigenvalue weighted by Gasteiger charge is 2.10. The second-order valence-corrected chi connectivity index (χ2v) is 8.90. The predicted molar refractivity (Wildman–Crippen MR) is 142 cm³/mol. The zero-order valence-corrected chi connectivity index (χ0v) is 18.7. The Morgan fingerprint density at radius 2 is 1.21 bits per heavy atom. The summed E-state index contributed by atoms with van der Waals surface area (Å²) in [5, 5.41) is 7.43. The van der Waals surface area contributed by atoms with Gasteiger partial charge in [-0.15, -0.1) is 11.3 Å². The van der Waals surface area contributed by atoms with E-state index >= 15 is 0 Å². The minimum atomic E-state index is 1.06. The molecule has 0 spiro atoms. The lowest BCUT2D eigenvalue weighted by molar-refractivity contribution is 1.41. The first kappa shape index (κ1) is 19.6. The van der Waals surface area contributed by atoms with Crippen molar-refractivity contribution in [1.29, 1.82) is 0 Å². The van der Waals surface area contributed by atoms with Gasteiger partial charge in [-0.1, -0.05) is 91.0 Å². The van der Waals surface area contributed by atoms with Crippen molar-refractivity contribution >= 4 is 54.0 Å². The van der Waals surface area contributed by atoms with Crippen LogP contribution in [-0.4, -0.2) is 9.97 Å². The average Bonchev–Trinajstić information content (AvgIpc) is 3.33.